The second-order valence-electron chi connectivity index (χ2n) is 6.77. The van der Waals surface area contributed by atoms with E-state index in [9.17, 15) is 4.79 Å². The molecule has 0 saturated carbocycles. The molecule has 0 aliphatic carbocycles. The summed E-state index contributed by atoms with van der Waals surface area (Å²) in [6.45, 7) is 1.96. The Hall–Kier alpha value is -2.94. The number of nitrogens with zero attached hydrogens (tertiary/aromatic N) is 3. The molecule has 0 unspecified atom stereocenters. The molecule has 32 heavy (non-hydrogen) atoms. The topological polar surface area (TPSA) is 77.0 Å². The van der Waals surface area contributed by atoms with Gasteiger partial charge in [0.1, 0.15) is 21.5 Å². The van der Waals surface area contributed by atoms with Crippen molar-refractivity contribution >= 4 is 46.3 Å². The van der Waals surface area contributed by atoms with Crippen LogP contribution in [0.5, 0.6) is 5.75 Å². The Labute approximate surface area is 199 Å². The summed E-state index contributed by atoms with van der Waals surface area (Å²) in [5.41, 5.74) is 3.35. The van der Waals surface area contributed by atoms with Crippen LogP contribution in [0.15, 0.2) is 65.7 Å². The first kappa shape index (κ1) is 22.3. The number of hydrogen-bond donors (Lipinski definition) is 1. The molecule has 2 aromatic carbocycles. The molecule has 0 saturated heterocycles. The normalized spacial score (nSPS) is 10.7. The van der Waals surface area contributed by atoms with Gasteiger partial charge in [0.05, 0.1) is 23.4 Å². The molecule has 0 bridgehead atoms. The van der Waals surface area contributed by atoms with Gasteiger partial charge in [0.25, 0.3) is 0 Å². The van der Waals surface area contributed by atoms with Crippen molar-refractivity contribution in [3.63, 3.8) is 0 Å². The van der Waals surface area contributed by atoms with Gasteiger partial charge < -0.3 is 10.1 Å². The Morgan fingerprint density at radius 3 is 2.62 bits per heavy atom. The van der Waals surface area contributed by atoms with Gasteiger partial charge in [-0.1, -0.05) is 29.4 Å². The van der Waals surface area contributed by atoms with Crippen LogP contribution >= 0.6 is 34.7 Å². The number of methoxy groups -OCH3 is 1. The van der Waals surface area contributed by atoms with Crippen LogP contribution in [0, 0.1) is 6.92 Å². The lowest BCUT2D eigenvalue weighted by Crippen LogP contribution is -2.14. The van der Waals surface area contributed by atoms with Gasteiger partial charge >= 0.3 is 0 Å². The first-order chi connectivity index (χ1) is 15.5. The third-order valence-electron chi connectivity index (χ3n) is 4.47. The van der Waals surface area contributed by atoms with E-state index in [2.05, 4.69) is 20.5 Å². The Kier molecular flexibility index (Phi) is 7.04. The van der Waals surface area contributed by atoms with Gasteiger partial charge in [0.15, 0.2) is 0 Å². The molecule has 162 valence electrons. The first-order valence-electron chi connectivity index (χ1n) is 9.66. The van der Waals surface area contributed by atoms with Crippen LogP contribution < -0.4 is 10.1 Å². The number of halogens is 1. The van der Waals surface area contributed by atoms with E-state index >= 15 is 0 Å². The van der Waals surface area contributed by atoms with Crippen molar-refractivity contribution in [2.45, 2.75) is 11.9 Å². The summed E-state index contributed by atoms with van der Waals surface area (Å²) in [5, 5.41) is 13.6. The van der Waals surface area contributed by atoms with E-state index in [4.69, 9.17) is 16.3 Å². The van der Waals surface area contributed by atoms with E-state index in [1.54, 1.807) is 42.7 Å². The van der Waals surface area contributed by atoms with Crippen molar-refractivity contribution in [2.75, 3.05) is 18.2 Å². The van der Waals surface area contributed by atoms with Crippen LogP contribution in [-0.4, -0.2) is 34.0 Å². The number of nitrogens with one attached hydrogen (secondary N) is 1. The minimum atomic E-state index is -0.134. The highest BCUT2D eigenvalue weighted by atomic mass is 35.5. The lowest BCUT2D eigenvalue weighted by molar-refractivity contribution is -0.113. The second kappa shape index (κ2) is 10.1. The molecule has 4 aromatic rings. The highest BCUT2D eigenvalue weighted by molar-refractivity contribution is 7.99. The maximum Gasteiger partial charge on any atom is 0.234 e. The maximum absolute atomic E-state index is 12.2. The number of hydrogen-bond acceptors (Lipinski definition) is 7. The monoisotopic (exact) mass is 482 g/mol. The highest BCUT2D eigenvalue weighted by Gasteiger charge is 2.14. The predicted molar refractivity (Wildman–Crippen MR) is 131 cm³/mol. The fourth-order valence-electron chi connectivity index (χ4n) is 2.91. The average Bonchev–Trinajstić information content (AvgIpc) is 3.19. The number of thiazole rings is 1. The summed E-state index contributed by atoms with van der Waals surface area (Å²) < 4.78 is 5.22. The molecule has 9 heteroatoms. The third kappa shape index (κ3) is 5.45. The number of benzene rings is 2. The van der Waals surface area contributed by atoms with Gasteiger partial charge in [-0.3, -0.25) is 4.79 Å². The molecular formula is C23H19ClN4O2S2. The van der Waals surface area contributed by atoms with Crippen molar-refractivity contribution in [3.05, 3.63) is 71.4 Å². The number of rotatable bonds is 7. The van der Waals surface area contributed by atoms with Gasteiger partial charge in [-0.25, -0.2) is 4.98 Å². The van der Waals surface area contributed by atoms with Gasteiger partial charge in [-0.2, -0.15) is 0 Å². The number of amides is 1. The van der Waals surface area contributed by atoms with Crippen LogP contribution in [0.3, 0.4) is 0 Å². The summed E-state index contributed by atoms with van der Waals surface area (Å²) >= 11 is 8.84. The molecule has 6 nitrogen and oxygen atoms in total. The molecule has 1 N–H and O–H groups in total. The lowest BCUT2D eigenvalue weighted by atomic mass is 10.2. The predicted octanol–water partition coefficient (Wildman–Crippen LogP) is 5.97. The van der Waals surface area contributed by atoms with Gasteiger partial charge in [0, 0.05) is 16.3 Å². The van der Waals surface area contributed by atoms with Gasteiger partial charge in [-0.05, 0) is 61.5 Å². The van der Waals surface area contributed by atoms with Crippen LogP contribution in [0.1, 0.15) is 5.69 Å². The summed E-state index contributed by atoms with van der Waals surface area (Å²) in [6, 6.07) is 18.6. The first-order valence-corrected chi connectivity index (χ1v) is 11.8. The molecule has 0 fully saturated rings. The van der Waals surface area contributed by atoms with Crippen molar-refractivity contribution in [1.82, 2.24) is 15.2 Å². The smallest absolute Gasteiger partial charge is 0.234 e. The van der Waals surface area contributed by atoms with E-state index in [0.29, 0.717) is 15.7 Å². The van der Waals surface area contributed by atoms with Crippen LogP contribution in [0.4, 0.5) is 5.69 Å². The largest absolute Gasteiger partial charge is 0.497 e. The molecule has 0 aliphatic heterocycles. The van der Waals surface area contributed by atoms with Crippen LogP contribution in [0.25, 0.3) is 21.1 Å². The second-order valence-corrected chi connectivity index (χ2v) is 9.20. The third-order valence-corrected chi connectivity index (χ3v) is 6.85. The maximum atomic E-state index is 12.2. The van der Waals surface area contributed by atoms with Crippen LogP contribution in [0.2, 0.25) is 5.02 Å². The zero-order chi connectivity index (χ0) is 22.5. The van der Waals surface area contributed by atoms with Crippen molar-refractivity contribution in [3.8, 4) is 26.9 Å². The molecular weight excluding hydrogens is 464 g/mol. The summed E-state index contributed by atoms with van der Waals surface area (Å²) in [6.07, 6.45) is 0. The quantitative estimate of drug-likeness (QED) is 0.327. The number of carbonyl (C=O) groups is 1. The number of ether oxygens (including phenoxy) is 1. The van der Waals surface area contributed by atoms with E-state index in [0.717, 1.165) is 32.6 Å². The fourth-order valence-corrected chi connectivity index (χ4v) is 4.75. The zero-order valence-electron chi connectivity index (χ0n) is 17.3. The molecule has 1 amide bonds. The molecule has 4 rings (SSSR count). The molecule has 0 radical (unpaired) electrons. The molecule has 2 aromatic heterocycles. The van der Waals surface area contributed by atoms with Crippen molar-refractivity contribution in [1.29, 1.82) is 0 Å². The number of carbonyl (C=O) groups excluding carboxylic acids is 1. The van der Waals surface area contributed by atoms with E-state index in [1.807, 2.05) is 43.3 Å². The Bertz CT molecular complexity index is 1230. The molecule has 2 heterocycles. The van der Waals surface area contributed by atoms with E-state index < -0.39 is 0 Å². The minimum absolute atomic E-state index is 0.134. The Balaban J connectivity index is 1.40. The molecule has 0 atom stereocenters. The van der Waals surface area contributed by atoms with Gasteiger partial charge in [-0.15, -0.1) is 21.5 Å². The number of thioether (sulfide) groups is 1. The van der Waals surface area contributed by atoms with Crippen molar-refractivity contribution in [2.24, 2.45) is 0 Å². The SMILES string of the molecule is COc1ccc(-c2nc(C)c(-c3ccc(SCC(=O)Nc4cccc(Cl)c4)nn3)s2)cc1. The zero-order valence-corrected chi connectivity index (χ0v) is 19.7. The number of aryl methyl sites for hydroxylation is 1. The standard InChI is InChI=1S/C23H19ClN4O2S2/c1-14-22(32-23(25-14)15-6-8-18(30-2)9-7-15)19-10-11-21(28-27-19)31-13-20(29)26-17-5-3-4-16(24)12-17/h3-12H,13H2,1-2H3,(H,26,29). The number of aromatic nitrogens is 3. The molecule has 0 spiro atoms. The van der Waals surface area contributed by atoms with Gasteiger partial charge in [0.2, 0.25) is 5.91 Å². The highest BCUT2D eigenvalue weighted by Crippen LogP contribution is 2.35. The summed E-state index contributed by atoms with van der Waals surface area (Å²) in [7, 11) is 1.65. The number of anilines is 1. The Morgan fingerprint density at radius 2 is 1.94 bits per heavy atom. The van der Waals surface area contributed by atoms with E-state index in [-0.39, 0.29) is 11.7 Å². The lowest BCUT2D eigenvalue weighted by Gasteiger charge is -2.05. The van der Waals surface area contributed by atoms with E-state index in [1.165, 1.54) is 11.8 Å². The summed E-state index contributed by atoms with van der Waals surface area (Å²) in [5.74, 6) is 0.898. The average molecular weight is 483 g/mol. The Morgan fingerprint density at radius 1 is 1.12 bits per heavy atom. The fraction of sp³-hybridized carbons (Fsp3) is 0.130. The van der Waals surface area contributed by atoms with Crippen LogP contribution in [-0.2, 0) is 4.79 Å². The molecule has 0 aliphatic rings. The summed E-state index contributed by atoms with van der Waals surface area (Å²) in [4.78, 5) is 17.8. The van der Waals surface area contributed by atoms with Crippen molar-refractivity contribution < 1.29 is 9.53 Å². The minimum Gasteiger partial charge on any atom is -0.497 e.